The number of fused-ring (bicyclic) bond motifs is 1. The van der Waals surface area contributed by atoms with Gasteiger partial charge in [-0.05, 0) is 37.7 Å². The van der Waals surface area contributed by atoms with Crippen LogP contribution in [0.15, 0.2) is 36.5 Å². The van der Waals surface area contributed by atoms with Crippen molar-refractivity contribution in [3.63, 3.8) is 0 Å². The molecule has 0 saturated carbocycles. The summed E-state index contributed by atoms with van der Waals surface area (Å²) in [5.74, 6) is 0.0942. The minimum Gasteiger partial charge on any atom is -0.346 e. The molecule has 5 heteroatoms. The number of amides is 1. The first-order chi connectivity index (χ1) is 11.5. The quantitative estimate of drug-likeness (QED) is 0.915. The molecule has 2 aromatic rings. The summed E-state index contributed by atoms with van der Waals surface area (Å²) >= 11 is 0. The van der Waals surface area contributed by atoms with Crippen molar-refractivity contribution in [3.05, 3.63) is 53.3 Å². The molecule has 0 spiro atoms. The highest BCUT2D eigenvalue weighted by molar-refractivity contribution is 5.88. The lowest BCUT2D eigenvalue weighted by atomic mass is 9.92. The van der Waals surface area contributed by atoms with Crippen molar-refractivity contribution in [1.82, 2.24) is 20.0 Å². The molecule has 1 aliphatic carbocycles. The van der Waals surface area contributed by atoms with Gasteiger partial charge in [0.15, 0.2) is 0 Å². The summed E-state index contributed by atoms with van der Waals surface area (Å²) in [5, 5.41) is 7.50. The van der Waals surface area contributed by atoms with Crippen molar-refractivity contribution in [3.8, 4) is 0 Å². The first kappa shape index (κ1) is 16.7. The second kappa shape index (κ2) is 6.40. The average Bonchev–Trinajstić information content (AvgIpc) is 3.16. The first-order valence-electron chi connectivity index (χ1n) is 8.51. The Kier molecular flexibility index (Phi) is 4.45. The van der Waals surface area contributed by atoms with Crippen LogP contribution in [0.4, 0.5) is 0 Å². The van der Waals surface area contributed by atoms with E-state index >= 15 is 0 Å². The summed E-state index contributed by atoms with van der Waals surface area (Å²) in [5.41, 5.74) is 3.07. The van der Waals surface area contributed by atoms with Crippen LogP contribution in [0.1, 0.15) is 36.2 Å². The molecule has 1 amide bonds. The van der Waals surface area contributed by atoms with Crippen molar-refractivity contribution >= 4 is 5.91 Å². The van der Waals surface area contributed by atoms with E-state index in [4.69, 9.17) is 0 Å². The zero-order chi connectivity index (χ0) is 17.3. The molecule has 0 radical (unpaired) electrons. The Labute approximate surface area is 143 Å². The van der Waals surface area contributed by atoms with Crippen LogP contribution in [0, 0.1) is 0 Å². The number of benzene rings is 1. The predicted molar refractivity (Wildman–Crippen MR) is 94.7 cm³/mol. The van der Waals surface area contributed by atoms with E-state index < -0.39 is 5.54 Å². The maximum absolute atomic E-state index is 13.3. The molecular formula is C19H26N4O. The van der Waals surface area contributed by atoms with Crippen LogP contribution < -0.4 is 5.32 Å². The lowest BCUT2D eigenvalue weighted by Crippen LogP contribution is -2.57. The fourth-order valence-corrected chi connectivity index (χ4v) is 3.68. The van der Waals surface area contributed by atoms with Crippen LogP contribution in [0.2, 0.25) is 0 Å². The third-order valence-electron chi connectivity index (χ3n) is 5.29. The Bertz CT molecular complexity index is 709. The molecule has 0 bridgehead atoms. The van der Waals surface area contributed by atoms with E-state index in [0.29, 0.717) is 0 Å². The third kappa shape index (κ3) is 2.73. The lowest BCUT2D eigenvalue weighted by molar-refractivity contribution is -0.132. The van der Waals surface area contributed by atoms with Crippen LogP contribution in [0.3, 0.4) is 0 Å². The van der Waals surface area contributed by atoms with Gasteiger partial charge in [-0.1, -0.05) is 31.2 Å². The minimum atomic E-state index is -0.518. The highest BCUT2D eigenvalue weighted by atomic mass is 16.2. The SMILES string of the molecule is CCC(NC(=O)C1(N(C)C)Cc2ccccc2C1)c1ccnn1C. The number of rotatable bonds is 5. The summed E-state index contributed by atoms with van der Waals surface area (Å²) < 4.78 is 1.83. The monoisotopic (exact) mass is 326 g/mol. The Hall–Kier alpha value is -2.14. The van der Waals surface area contributed by atoms with Crippen LogP contribution >= 0.6 is 0 Å². The molecule has 5 nitrogen and oxygen atoms in total. The van der Waals surface area contributed by atoms with Gasteiger partial charge in [0.05, 0.1) is 11.7 Å². The van der Waals surface area contributed by atoms with E-state index in [-0.39, 0.29) is 11.9 Å². The van der Waals surface area contributed by atoms with Gasteiger partial charge in [0, 0.05) is 26.1 Å². The van der Waals surface area contributed by atoms with Gasteiger partial charge in [-0.25, -0.2) is 0 Å². The Morgan fingerprint density at radius 1 is 1.29 bits per heavy atom. The minimum absolute atomic E-state index is 0.0227. The maximum atomic E-state index is 13.3. The molecule has 1 aromatic carbocycles. The number of hydrogen-bond acceptors (Lipinski definition) is 3. The molecule has 3 rings (SSSR count). The summed E-state index contributed by atoms with van der Waals surface area (Å²) in [6.07, 6.45) is 4.12. The number of aromatic nitrogens is 2. The summed E-state index contributed by atoms with van der Waals surface area (Å²) in [7, 11) is 5.91. The maximum Gasteiger partial charge on any atom is 0.241 e. The Balaban J connectivity index is 1.85. The fraction of sp³-hybridized carbons (Fsp3) is 0.474. The molecule has 0 fully saturated rings. The molecule has 1 aromatic heterocycles. The number of carbonyl (C=O) groups excluding carboxylic acids is 1. The second-order valence-corrected chi connectivity index (χ2v) is 6.86. The van der Waals surface area contributed by atoms with Crippen LogP contribution in [0.25, 0.3) is 0 Å². The molecule has 1 aliphatic rings. The molecular weight excluding hydrogens is 300 g/mol. The van der Waals surface area contributed by atoms with Gasteiger partial charge < -0.3 is 5.32 Å². The lowest BCUT2D eigenvalue weighted by Gasteiger charge is -2.36. The zero-order valence-electron chi connectivity index (χ0n) is 14.9. The van der Waals surface area contributed by atoms with Crippen molar-refractivity contribution in [1.29, 1.82) is 0 Å². The molecule has 1 unspecified atom stereocenters. The van der Waals surface area contributed by atoms with Gasteiger partial charge in [0.25, 0.3) is 0 Å². The van der Waals surface area contributed by atoms with Gasteiger partial charge in [0.2, 0.25) is 5.91 Å². The van der Waals surface area contributed by atoms with Gasteiger partial charge >= 0.3 is 0 Å². The molecule has 0 aliphatic heterocycles. The number of nitrogens with zero attached hydrogens (tertiary/aromatic N) is 3. The average molecular weight is 326 g/mol. The fourth-order valence-electron chi connectivity index (χ4n) is 3.68. The van der Waals surface area contributed by atoms with Crippen molar-refractivity contribution in [2.45, 2.75) is 37.8 Å². The van der Waals surface area contributed by atoms with E-state index in [1.807, 2.05) is 44.0 Å². The predicted octanol–water partition coefficient (Wildman–Crippen LogP) is 2.09. The number of nitrogens with one attached hydrogen (secondary N) is 1. The standard InChI is InChI=1S/C19H26N4O/c1-5-16(17-10-11-20-23(17)4)21-18(24)19(22(2)3)12-14-8-6-7-9-15(14)13-19/h6-11,16H,5,12-13H2,1-4H3,(H,21,24). The number of carbonyl (C=O) groups is 1. The molecule has 0 saturated heterocycles. The van der Waals surface area contributed by atoms with Crippen LogP contribution in [-0.2, 0) is 24.7 Å². The number of aryl methyl sites for hydroxylation is 1. The van der Waals surface area contributed by atoms with Gasteiger partial charge in [0.1, 0.15) is 5.54 Å². The highest BCUT2D eigenvalue weighted by Gasteiger charge is 2.46. The normalized spacial score (nSPS) is 16.9. The third-order valence-corrected chi connectivity index (χ3v) is 5.29. The van der Waals surface area contributed by atoms with E-state index in [2.05, 4.69) is 34.4 Å². The van der Waals surface area contributed by atoms with Gasteiger partial charge in [-0.2, -0.15) is 5.10 Å². The van der Waals surface area contributed by atoms with Gasteiger partial charge in [-0.3, -0.25) is 14.4 Å². The topological polar surface area (TPSA) is 50.2 Å². The second-order valence-electron chi connectivity index (χ2n) is 6.86. The van der Waals surface area contributed by atoms with E-state index in [1.54, 1.807) is 6.20 Å². The Morgan fingerprint density at radius 3 is 2.38 bits per heavy atom. The van der Waals surface area contributed by atoms with Crippen LogP contribution in [-0.4, -0.2) is 40.2 Å². The smallest absolute Gasteiger partial charge is 0.241 e. The molecule has 1 atom stereocenters. The molecule has 1 N–H and O–H groups in total. The summed E-state index contributed by atoms with van der Waals surface area (Å²) in [4.78, 5) is 15.3. The van der Waals surface area contributed by atoms with E-state index in [1.165, 1.54) is 11.1 Å². The number of hydrogen-bond donors (Lipinski definition) is 1. The van der Waals surface area contributed by atoms with Crippen molar-refractivity contribution in [2.75, 3.05) is 14.1 Å². The first-order valence-corrected chi connectivity index (χ1v) is 8.51. The van der Waals surface area contributed by atoms with E-state index in [0.717, 1.165) is 25.0 Å². The summed E-state index contributed by atoms with van der Waals surface area (Å²) in [6, 6.07) is 10.3. The van der Waals surface area contributed by atoms with Crippen molar-refractivity contribution in [2.24, 2.45) is 7.05 Å². The van der Waals surface area contributed by atoms with E-state index in [9.17, 15) is 4.79 Å². The highest BCUT2D eigenvalue weighted by Crippen LogP contribution is 2.34. The number of likely N-dealkylation sites (N-methyl/N-ethyl adjacent to an activating group) is 1. The molecule has 128 valence electrons. The van der Waals surface area contributed by atoms with Crippen LogP contribution in [0.5, 0.6) is 0 Å². The van der Waals surface area contributed by atoms with Crippen molar-refractivity contribution < 1.29 is 4.79 Å². The zero-order valence-corrected chi connectivity index (χ0v) is 14.9. The van der Waals surface area contributed by atoms with Gasteiger partial charge in [-0.15, -0.1) is 0 Å². The summed E-state index contributed by atoms with van der Waals surface area (Å²) in [6.45, 7) is 2.09. The Morgan fingerprint density at radius 2 is 1.92 bits per heavy atom. The molecule has 1 heterocycles. The molecule has 24 heavy (non-hydrogen) atoms. The largest absolute Gasteiger partial charge is 0.346 e.